The zero-order chi connectivity index (χ0) is 18.8. The van der Waals surface area contributed by atoms with E-state index in [1.807, 2.05) is 24.3 Å². The van der Waals surface area contributed by atoms with E-state index < -0.39 is 0 Å². The van der Waals surface area contributed by atoms with E-state index in [4.69, 9.17) is 16.3 Å². The Kier molecular flexibility index (Phi) is 5.27. The number of fused-ring (bicyclic) bond motifs is 3. The van der Waals surface area contributed by atoms with Gasteiger partial charge in [-0.2, -0.15) is 0 Å². The maximum Gasteiger partial charge on any atom is 0.313 e. The minimum atomic E-state index is -0.318. The lowest BCUT2D eigenvalue weighted by Crippen LogP contribution is -2.11. The Hall–Kier alpha value is -2.18. The predicted molar refractivity (Wildman–Crippen MR) is 109 cm³/mol. The number of ether oxygens (including phenoxy) is 1. The predicted octanol–water partition coefficient (Wildman–Crippen LogP) is 5.07. The van der Waals surface area contributed by atoms with E-state index in [0.29, 0.717) is 23.3 Å². The van der Waals surface area contributed by atoms with Gasteiger partial charge in [0.15, 0.2) is 0 Å². The molecule has 0 unspecified atom stereocenters. The fourth-order valence-corrected chi connectivity index (χ4v) is 4.87. The van der Waals surface area contributed by atoms with Crippen LogP contribution in [0.15, 0.2) is 24.3 Å². The van der Waals surface area contributed by atoms with E-state index in [1.54, 1.807) is 18.3 Å². The summed E-state index contributed by atoms with van der Waals surface area (Å²) >= 11 is 8.04. The molecule has 2 heterocycles. The average molecular weight is 402 g/mol. The molecule has 1 aromatic carbocycles. The second-order valence-corrected chi connectivity index (χ2v) is 7.96. The van der Waals surface area contributed by atoms with Crippen LogP contribution in [-0.2, 0) is 28.8 Å². The van der Waals surface area contributed by atoms with Gasteiger partial charge in [0.2, 0.25) is 0 Å². The summed E-state index contributed by atoms with van der Waals surface area (Å²) in [6.45, 7) is 2.14. The molecular formula is C20H20ClN3O2S. The van der Waals surface area contributed by atoms with Gasteiger partial charge < -0.3 is 10.1 Å². The summed E-state index contributed by atoms with van der Waals surface area (Å²) in [5.41, 5.74) is 2.12. The van der Waals surface area contributed by atoms with Crippen molar-refractivity contribution in [1.82, 2.24) is 9.97 Å². The number of halogens is 1. The number of esters is 1. The van der Waals surface area contributed by atoms with E-state index in [2.05, 4.69) is 15.3 Å². The highest BCUT2D eigenvalue weighted by molar-refractivity contribution is 7.19. The fourth-order valence-electron chi connectivity index (χ4n) is 3.40. The fraction of sp³-hybridized carbons (Fsp3) is 0.350. The molecule has 0 fully saturated rings. The maximum atomic E-state index is 11.9. The van der Waals surface area contributed by atoms with Crippen molar-refractivity contribution in [2.75, 3.05) is 11.9 Å². The minimum absolute atomic E-state index is 0.0591. The maximum absolute atomic E-state index is 11.9. The number of hydrogen-bond acceptors (Lipinski definition) is 6. The monoisotopic (exact) mass is 401 g/mol. The molecule has 0 spiro atoms. The van der Waals surface area contributed by atoms with Gasteiger partial charge in [-0.05, 0) is 50.3 Å². The number of aromatic nitrogens is 2. The van der Waals surface area contributed by atoms with Gasteiger partial charge >= 0.3 is 5.97 Å². The Morgan fingerprint density at radius 2 is 2.07 bits per heavy atom. The van der Waals surface area contributed by atoms with Gasteiger partial charge in [-0.25, -0.2) is 9.97 Å². The topological polar surface area (TPSA) is 64.1 Å². The first-order valence-electron chi connectivity index (χ1n) is 9.14. The lowest BCUT2D eigenvalue weighted by Gasteiger charge is -2.14. The number of benzene rings is 1. The molecule has 5 nitrogen and oxygen atoms in total. The highest BCUT2D eigenvalue weighted by atomic mass is 35.5. The summed E-state index contributed by atoms with van der Waals surface area (Å²) in [5, 5.41) is 5.05. The summed E-state index contributed by atoms with van der Waals surface area (Å²) in [6, 6.07) is 7.57. The highest BCUT2D eigenvalue weighted by Crippen LogP contribution is 2.40. The van der Waals surface area contributed by atoms with Gasteiger partial charge in [-0.15, -0.1) is 11.3 Å². The minimum Gasteiger partial charge on any atom is -0.466 e. The molecule has 4 rings (SSSR count). The summed E-state index contributed by atoms with van der Waals surface area (Å²) in [5.74, 6) is 0.864. The Bertz CT molecular complexity index is 1000. The lowest BCUT2D eigenvalue weighted by atomic mass is 9.97. The van der Waals surface area contributed by atoms with Crippen molar-refractivity contribution in [2.24, 2.45) is 0 Å². The Morgan fingerprint density at radius 1 is 1.26 bits per heavy atom. The Labute approximate surface area is 166 Å². The SMILES string of the molecule is CCOC(=O)Cc1nc(Nc2ccccc2Cl)c2c3c(sc2n1)CCCC3. The van der Waals surface area contributed by atoms with Crippen LogP contribution in [0.1, 0.15) is 36.0 Å². The van der Waals surface area contributed by atoms with Crippen LogP contribution in [-0.4, -0.2) is 22.5 Å². The molecule has 0 aliphatic heterocycles. The molecule has 0 atom stereocenters. The molecule has 140 valence electrons. The summed E-state index contributed by atoms with van der Waals surface area (Å²) in [4.78, 5) is 23.5. The van der Waals surface area contributed by atoms with Crippen molar-refractivity contribution >= 4 is 50.6 Å². The van der Waals surface area contributed by atoms with Crippen molar-refractivity contribution in [3.63, 3.8) is 0 Å². The number of rotatable bonds is 5. The van der Waals surface area contributed by atoms with Crippen LogP contribution in [0.3, 0.4) is 0 Å². The molecule has 0 saturated carbocycles. The zero-order valence-electron chi connectivity index (χ0n) is 15.0. The Morgan fingerprint density at radius 3 is 2.89 bits per heavy atom. The zero-order valence-corrected chi connectivity index (χ0v) is 16.6. The number of hydrogen-bond donors (Lipinski definition) is 1. The van der Waals surface area contributed by atoms with Crippen LogP contribution in [0.25, 0.3) is 10.2 Å². The second-order valence-electron chi connectivity index (χ2n) is 6.47. The number of thiophene rings is 1. The molecule has 3 aromatic rings. The quantitative estimate of drug-likeness (QED) is 0.604. The number of anilines is 2. The number of para-hydroxylation sites is 1. The average Bonchev–Trinajstić information content (AvgIpc) is 3.02. The number of nitrogens with one attached hydrogen (secondary N) is 1. The van der Waals surface area contributed by atoms with Crippen LogP contribution >= 0.6 is 22.9 Å². The van der Waals surface area contributed by atoms with E-state index in [0.717, 1.165) is 28.7 Å². The van der Waals surface area contributed by atoms with E-state index in [9.17, 15) is 4.79 Å². The van der Waals surface area contributed by atoms with Crippen molar-refractivity contribution in [3.05, 3.63) is 45.6 Å². The molecular weight excluding hydrogens is 382 g/mol. The first-order valence-corrected chi connectivity index (χ1v) is 10.3. The molecule has 2 aromatic heterocycles. The van der Waals surface area contributed by atoms with Crippen molar-refractivity contribution in [2.45, 2.75) is 39.0 Å². The molecule has 1 N–H and O–H groups in total. The third kappa shape index (κ3) is 3.77. The summed E-state index contributed by atoms with van der Waals surface area (Å²) in [7, 11) is 0. The number of nitrogens with zero attached hydrogens (tertiary/aromatic N) is 2. The second kappa shape index (κ2) is 7.82. The molecule has 0 amide bonds. The Balaban J connectivity index is 1.81. The van der Waals surface area contributed by atoms with Crippen molar-refractivity contribution < 1.29 is 9.53 Å². The first kappa shape index (κ1) is 18.2. The number of carbonyl (C=O) groups is 1. The van der Waals surface area contributed by atoms with Gasteiger partial charge in [0.25, 0.3) is 0 Å². The molecule has 1 aliphatic carbocycles. The summed E-state index contributed by atoms with van der Waals surface area (Å²) < 4.78 is 5.06. The largest absolute Gasteiger partial charge is 0.466 e. The lowest BCUT2D eigenvalue weighted by molar-refractivity contribution is -0.142. The third-order valence-corrected chi connectivity index (χ3v) is 6.11. The van der Waals surface area contributed by atoms with Crippen LogP contribution in [0.4, 0.5) is 11.5 Å². The molecule has 1 aliphatic rings. The summed E-state index contributed by atoms with van der Waals surface area (Å²) in [6.07, 6.45) is 4.55. The van der Waals surface area contributed by atoms with Gasteiger partial charge in [0.1, 0.15) is 22.9 Å². The van der Waals surface area contributed by atoms with Crippen molar-refractivity contribution in [1.29, 1.82) is 0 Å². The van der Waals surface area contributed by atoms with Crippen LogP contribution < -0.4 is 5.32 Å². The molecule has 7 heteroatoms. The van der Waals surface area contributed by atoms with Gasteiger partial charge in [-0.3, -0.25) is 4.79 Å². The number of aryl methyl sites for hydroxylation is 2. The van der Waals surface area contributed by atoms with Gasteiger partial charge in [0.05, 0.1) is 22.7 Å². The van der Waals surface area contributed by atoms with Gasteiger partial charge in [-0.1, -0.05) is 23.7 Å². The van der Waals surface area contributed by atoms with Crippen LogP contribution in [0.2, 0.25) is 5.02 Å². The smallest absolute Gasteiger partial charge is 0.313 e. The van der Waals surface area contributed by atoms with Crippen LogP contribution in [0, 0.1) is 0 Å². The van der Waals surface area contributed by atoms with E-state index in [1.165, 1.54) is 23.3 Å². The van der Waals surface area contributed by atoms with Crippen molar-refractivity contribution in [3.8, 4) is 0 Å². The van der Waals surface area contributed by atoms with E-state index in [-0.39, 0.29) is 12.4 Å². The van der Waals surface area contributed by atoms with E-state index >= 15 is 0 Å². The normalized spacial score (nSPS) is 13.4. The van der Waals surface area contributed by atoms with Crippen LogP contribution in [0.5, 0.6) is 0 Å². The third-order valence-electron chi connectivity index (χ3n) is 4.60. The molecule has 0 saturated heterocycles. The highest BCUT2D eigenvalue weighted by Gasteiger charge is 2.22. The molecule has 0 bridgehead atoms. The standard InChI is InChI=1S/C20H20ClN3O2S/c1-2-26-17(25)11-16-23-19(22-14-9-5-4-8-13(14)21)18-12-7-3-6-10-15(12)27-20(18)24-16/h4-5,8-9H,2-3,6-7,10-11H2,1H3,(H,22,23,24). The number of carbonyl (C=O) groups excluding carboxylic acids is 1. The first-order chi connectivity index (χ1) is 13.2. The van der Waals surface area contributed by atoms with Gasteiger partial charge in [0, 0.05) is 4.88 Å². The molecule has 0 radical (unpaired) electrons. The molecule has 27 heavy (non-hydrogen) atoms.